The molecule has 0 bridgehead atoms. The van der Waals surface area contributed by atoms with Crippen LogP contribution in [-0.4, -0.2) is 29.8 Å². The van der Waals surface area contributed by atoms with Crippen LogP contribution in [0.1, 0.15) is 50.1 Å². The molecule has 0 aromatic heterocycles. The van der Waals surface area contributed by atoms with Crippen molar-refractivity contribution < 1.29 is 9.59 Å². The molecule has 1 aromatic rings. The number of rotatable bonds is 5. The van der Waals surface area contributed by atoms with Crippen LogP contribution >= 0.6 is 0 Å². The van der Waals surface area contributed by atoms with Crippen molar-refractivity contribution in [2.45, 2.75) is 44.6 Å². The maximum atomic E-state index is 13.1. The van der Waals surface area contributed by atoms with Crippen molar-refractivity contribution in [3.63, 3.8) is 0 Å². The van der Waals surface area contributed by atoms with Gasteiger partial charge in [0.05, 0.1) is 12.5 Å². The molecule has 2 aliphatic carbocycles. The fourth-order valence-electron chi connectivity index (χ4n) is 4.19. The van der Waals surface area contributed by atoms with Gasteiger partial charge in [0.25, 0.3) is 0 Å². The third-order valence-electron chi connectivity index (χ3n) is 5.80. The maximum Gasteiger partial charge on any atom is 0.223 e. The van der Waals surface area contributed by atoms with E-state index in [9.17, 15) is 9.59 Å². The Kier molecular flexibility index (Phi) is 4.30. The molecule has 1 aliphatic heterocycles. The Balaban J connectivity index is 1.53. The molecule has 1 aromatic carbocycles. The second-order valence-corrected chi connectivity index (χ2v) is 7.61. The van der Waals surface area contributed by atoms with Crippen molar-refractivity contribution in [3.8, 4) is 0 Å². The van der Waals surface area contributed by atoms with Crippen molar-refractivity contribution >= 4 is 11.8 Å². The third-order valence-corrected chi connectivity index (χ3v) is 5.80. The fourth-order valence-corrected chi connectivity index (χ4v) is 4.19. The maximum absolute atomic E-state index is 13.1. The Hall–Kier alpha value is -1.84. The van der Waals surface area contributed by atoms with Crippen LogP contribution in [0, 0.1) is 17.8 Å². The summed E-state index contributed by atoms with van der Waals surface area (Å²) in [5.41, 5.74) is 1.07. The van der Waals surface area contributed by atoms with Crippen LogP contribution in [-0.2, 0) is 9.59 Å². The highest BCUT2D eigenvalue weighted by Gasteiger charge is 2.43. The van der Waals surface area contributed by atoms with E-state index in [4.69, 9.17) is 0 Å². The lowest BCUT2D eigenvalue weighted by Crippen LogP contribution is -2.37. The predicted molar refractivity (Wildman–Crippen MR) is 92.1 cm³/mol. The molecule has 2 saturated carbocycles. The van der Waals surface area contributed by atoms with Gasteiger partial charge in [-0.15, -0.1) is 0 Å². The molecule has 1 saturated heterocycles. The Bertz CT molecular complexity index is 595. The summed E-state index contributed by atoms with van der Waals surface area (Å²) in [5.74, 6) is 2.43. The van der Waals surface area contributed by atoms with Gasteiger partial charge in [-0.05, 0) is 49.0 Å². The molecule has 1 N–H and O–H groups in total. The Morgan fingerprint density at radius 1 is 1.12 bits per heavy atom. The fraction of sp³-hybridized carbons (Fsp3) is 0.600. The molecule has 128 valence electrons. The number of nitrogens with one attached hydrogen (secondary N) is 1. The average Bonchev–Trinajstić information content (AvgIpc) is 3.48. The van der Waals surface area contributed by atoms with Gasteiger partial charge in [-0.25, -0.2) is 0 Å². The molecule has 4 rings (SSSR count). The molecule has 4 heteroatoms. The predicted octanol–water partition coefficient (Wildman–Crippen LogP) is 2.90. The van der Waals surface area contributed by atoms with E-state index in [1.54, 1.807) is 0 Å². The summed E-state index contributed by atoms with van der Waals surface area (Å²) in [7, 11) is 0. The molecule has 0 spiro atoms. The first-order chi connectivity index (χ1) is 11.7. The first kappa shape index (κ1) is 15.7. The van der Waals surface area contributed by atoms with Crippen molar-refractivity contribution in [1.29, 1.82) is 0 Å². The second-order valence-electron chi connectivity index (χ2n) is 7.61. The lowest BCUT2D eigenvalue weighted by atomic mass is 9.92. The molecule has 1 heterocycles. The van der Waals surface area contributed by atoms with E-state index >= 15 is 0 Å². The minimum absolute atomic E-state index is 0.0417. The van der Waals surface area contributed by atoms with E-state index in [2.05, 4.69) is 5.32 Å². The van der Waals surface area contributed by atoms with Gasteiger partial charge >= 0.3 is 0 Å². The Morgan fingerprint density at radius 3 is 2.42 bits per heavy atom. The number of amides is 2. The van der Waals surface area contributed by atoms with Gasteiger partial charge in [0.2, 0.25) is 11.8 Å². The van der Waals surface area contributed by atoms with Crippen molar-refractivity contribution in [1.82, 2.24) is 10.2 Å². The molecule has 24 heavy (non-hydrogen) atoms. The van der Waals surface area contributed by atoms with Gasteiger partial charge in [0, 0.05) is 19.5 Å². The van der Waals surface area contributed by atoms with E-state index < -0.39 is 0 Å². The summed E-state index contributed by atoms with van der Waals surface area (Å²) < 4.78 is 0. The molecule has 4 nitrogen and oxygen atoms in total. The van der Waals surface area contributed by atoms with E-state index in [0.29, 0.717) is 31.8 Å². The molecule has 1 unspecified atom stereocenters. The third kappa shape index (κ3) is 3.47. The molecular weight excluding hydrogens is 300 g/mol. The van der Waals surface area contributed by atoms with Crippen LogP contribution in [0.4, 0.5) is 0 Å². The van der Waals surface area contributed by atoms with Crippen LogP contribution < -0.4 is 5.32 Å². The van der Waals surface area contributed by atoms with Gasteiger partial charge in [-0.1, -0.05) is 30.3 Å². The normalized spacial score (nSPS) is 24.6. The highest BCUT2D eigenvalue weighted by molar-refractivity contribution is 5.81. The lowest BCUT2D eigenvalue weighted by Gasteiger charge is -2.31. The van der Waals surface area contributed by atoms with E-state index in [0.717, 1.165) is 17.4 Å². The van der Waals surface area contributed by atoms with Crippen LogP contribution in [0.2, 0.25) is 0 Å². The average molecular weight is 326 g/mol. The van der Waals surface area contributed by atoms with Gasteiger partial charge < -0.3 is 10.2 Å². The highest BCUT2D eigenvalue weighted by atomic mass is 16.2. The quantitative estimate of drug-likeness (QED) is 0.904. The summed E-state index contributed by atoms with van der Waals surface area (Å²) in [6, 6.07) is 9.88. The van der Waals surface area contributed by atoms with Crippen molar-refractivity contribution in [3.05, 3.63) is 35.9 Å². The zero-order chi connectivity index (χ0) is 16.5. The second kappa shape index (κ2) is 6.58. The van der Waals surface area contributed by atoms with E-state index in [1.807, 2.05) is 35.2 Å². The number of nitrogens with zero attached hydrogens (tertiary/aromatic N) is 1. The van der Waals surface area contributed by atoms with Crippen LogP contribution in [0.15, 0.2) is 30.3 Å². The van der Waals surface area contributed by atoms with Crippen LogP contribution in [0.5, 0.6) is 0 Å². The molecule has 2 amide bonds. The SMILES string of the molecule is O=C1CC(c2ccccc2)N(C(=O)CC(C2CC2)C2CC2)CCN1. The summed E-state index contributed by atoms with van der Waals surface area (Å²) >= 11 is 0. The van der Waals surface area contributed by atoms with Crippen LogP contribution in [0.25, 0.3) is 0 Å². The standard InChI is InChI=1S/C20H26N2O2/c23-19-13-18(16-4-2-1-3-5-16)22(11-10-21-19)20(24)12-17(14-6-7-14)15-8-9-15/h1-5,14-15,17-18H,6-13H2,(H,21,23). The Labute approximate surface area is 143 Å². The highest BCUT2D eigenvalue weighted by Crippen LogP contribution is 2.51. The van der Waals surface area contributed by atoms with E-state index in [1.165, 1.54) is 25.7 Å². The topological polar surface area (TPSA) is 49.4 Å². The van der Waals surface area contributed by atoms with Crippen LogP contribution in [0.3, 0.4) is 0 Å². The van der Waals surface area contributed by atoms with Gasteiger partial charge in [0.15, 0.2) is 0 Å². The largest absolute Gasteiger partial charge is 0.354 e. The van der Waals surface area contributed by atoms with Gasteiger partial charge in [-0.3, -0.25) is 9.59 Å². The molecule has 3 aliphatic rings. The molecule has 1 atom stereocenters. The minimum atomic E-state index is -0.125. The number of carbonyl (C=O) groups excluding carboxylic acids is 2. The molecule has 0 radical (unpaired) electrons. The van der Waals surface area contributed by atoms with Gasteiger partial charge in [0.1, 0.15) is 0 Å². The summed E-state index contributed by atoms with van der Waals surface area (Å²) in [5, 5.41) is 2.92. The van der Waals surface area contributed by atoms with Crippen molar-refractivity contribution in [2.24, 2.45) is 17.8 Å². The lowest BCUT2D eigenvalue weighted by molar-refractivity contribution is -0.135. The number of benzene rings is 1. The summed E-state index contributed by atoms with van der Waals surface area (Å²) in [6.45, 7) is 1.18. The zero-order valence-electron chi connectivity index (χ0n) is 14.1. The molecule has 3 fully saturated rings. The van der Waals surface area contributed by atoms with Gasteiger partial charge in [-0.2, -0.15) is 0 Å². The monoisotopic (exact) mass is 326 g/mol. The minimum Gasteiger partial charge on any atom is -0.354 e. The Morgan fingerprint density at radius 2 is 1.79 bits per heavy atom. The molecular formula is C20H26N2O2. The zero-order valence-corrected chi connectivity index (χ0v) is 14.1. The smallest absolute Gasteiger partial charge is 0.223 e. The first-order valence-corrected chi connectivity index (χ1v) is 9.33. The van der Waals surface area contributed by atoms with Crippen molar-refractivity contribution in [2.75, 3.05) is 13.1 Å². The number of carbonyl (C=O) groups is 2. The summed E-state index contributed by atoms with van der Waals surface area (Å²) in [6.07, 6.45) is 6.25. The summed E-state index contributed by atoms with van der Waals surface area (Å²) in [4.78, 5) is 27.1. The number of hydrogen-bond donors (Lipinski definition) is 1. The number of hydrogen-bond acceptors (Lipinski definition) is 2. The van der Waals surface area contributed by atoms with E-state index in [-0.39, 0.29) is 17.9 Å². The first-order valence-electron chi connectivity index (χ1n) is 9.33.